The van der Waals surface area contributed by atoms with E-state index in [-0.39, 0.29) is 12.0 Å². The van der Waals surface area contributed by atoms with Crippen LogP contribution in [0.3, 0.4) is 0 Å². The molecule has 1 saturated carbocycles. The van der Waals surface area contributed by atoms with E-state index in [1.807, 2.05) is 24.3 Å². The predicted molar refractivity (Wildman–Crippen MR) is 63.9 cm³/mol. The van der Waals surface area contributed by atoms with Crippen LogP contribution in [0.5, 0.6) is 5.75 Å². The molecule has 1 aliphatic rings. The van der Waals surface area contributed by atoms with Crippen LogP contribution < -0.4 is 4.74 Å². The van der Waals surface area contributed by atoms with E-state index < -0.39 is 5.97 Å². The van der Waals surface area contributed by atoms with Gasteiger partial charge in [-0.3, -0.25) is 4.79 Å². The maximum absolute atomic E-state index is 10.6. The number of carboxylic acid groups (broad SMARTS) is 1. The summed E-state index contributed by atoms with van der Waals surface area (Å²) in [4.78, 5) is 10.6. The maximum Gasteiger partial charge on any atom is 0.306 e. The van der Waals surface area contributed by atoms with Crippen LogP contribution in [-0.4, -0.2) is 17.2 Å². The average molecular weight is 318 g/mol. The molecule has 0 spiro atoms. The van der Waals surface area contributed by atoms with Crippen molar-refractivity contribution in [1.29, 1.82) is 0 Å². The Hall–Kier alpha value is -0.780. The molecule has 3 nitrogen and oxygen atoms in total. The fourth-order valence-corrected chi connectivity index (χ4v) is 2.10. The lowest BCUT2D eigenvalue weighted by Crippen LogP contribution is -2.38. The number of carboxylic acids is 1. The predicted octanol–water partition coefficient (Wildman–Crippen LogP) is 2.53. The first kappa shape index (κ1) is 10.7. The van der Waals surface area contributed by atoms with Crippen molar-refractivity contribution in [3.8, 4) is 5.75 Å². The second kappa shape index (κ2) is 4.38. The molecule has 0 bridgehead atoms. The molecule has 0 atom stereocenters. The number of benzene rings is 1. The fourth-order valence-electron chi connectivity index (χ4n) is 1.58. The summed E-state index contributed by atoms with van der Waals surface area (Å²) in [6, 6.07) is 7.76. The van der Waals surface area contributed by atoms with E-state index in [0.717, 1.165) is 9.32 Å². The lowest BCUT2D eigenvalue weighted by Gasteiger charge is -2.32. The van der Waals surface area contributed by atoms with Crippen molar-refractivity contribution < 1.29 is 14.6 Å². The van der Waals surface area contributed by atoms with Crippen LogP contribution in [0.1, 0.15) is 12.8 Å². The quantitative estimate of drug-likeness (QED) is 0.871. The Kier molecular flexibility index (Phi) is 3.14. The van der Waals surface area contributed by atoms with Gasteiger partial charge in [0, 0.05) is 0 Å². The second-order valence-corrected chi connectivity index (χ2v) is 4.84. The van der Waals surface area contributed by atoms with Gasteiger partial charge >= 0.3 is 5.97 Å². The van der Waals surface area contributed by atoms with Crippen LogP contribution in [0.25, 0.3) is 0 Å². The van der Waals surface area contributed by atoms with Crippen molar-refractivity contribution in [1.82, 2.24) is 0 Å². The second-order valence-electron chi connectivity index (χ2n) is 3.68. The lowest BCUT2D eigenvalue weighted by molar-refractivity contribution is -0.147. The van der Waals surface area contributed by atoms with Gasteiger partial charge in [0.2, 0.25) is 0 Å². The van der Waals surface area contributed by atoms with Gasteiger partial charge in [0.05, 0.1) is 9.49 Å². The van der Waals surface area contributed by atoms with Crippen molar-refractivity contribution in [3.63, 3.8) is 0 Å². The zero-order valence-corrected chi connectivity index (χ0v) is 10.2. The van der Waals surface area contributed by atoms with E-state index >= 15 is 0 Å². The van der Waals surface area contributed by atoms with Crippen LogP contribution >= 0.6 is 22.6 Å². The van der Waals surface area contributed by atoms with Gasteiger partial charge in [0.15, 0.2) is 0 Å². The largest absolute Gasteiger partial charge is 0.489 e. The molecule has 1 aromatic rings. The first-order chi connectivity index (χ1) is 7.16. The monoisotopic (exact) mass is 318 g/mol. The highest BCUT2D eigenvalue weighted by atomic mass is 127. The highest BCUT2D eigenvalue weighted by molar-refractivity contribution is 14.1. The number of para-hydroxylation sites is 1. The van der Waals surface area contributed by atoms with Crippen molar-refractivity contribution in [2.75, 3.05) is 0 Å². The molecule has 80 valence electrons. The minimum atomic E-state index is -0.711. The fraction of sp³-hybridized carbons (Fsp3) is 0.364. The first-order valence-corrected chi connectivity index (χ1v) is 5.88. The number of hydrogen-bond donors (Lipinski definition) is 1. The number of ether oxygens (including phenoxy) is 1. The lowest BCUT2D eigenvalue weighted by atomic mass is 9.82. The van der Waals surface area contributed by atoms with Gasteiger partial charge in [-0.25, -0.2) is 0 Å². The summed E-state index contributed by atoms with van der Waals surface area (Å²) in [6.45, 7) is 0. The van der Waals surface area contributed by atoms with Crippen molar-refractivity contribution in [3.05, 3.63) is 27.8 Å². The minimum Gasteiger partial charge on any atom is -0.489 e. The molecule has 1 fully saturated rings. The Labute approximate surface area is 102 Å². The van der Waals surface area contributed by atoms with Crippen molar-refractivity contribution >= 4 is 28.6 Å². The molecule has 1 N–H and O–H groups in total. The van der Waals surface area contributed by atoms with E-state index in [0.29, 0.717) is 12.8 Å². The summed E-state index contributed by atoms with van der Waals surface area (Å²) in [6.07, 6.45) is 1.32. The van der Waals surface area contributed by atoms with E-state index in [1.165, 1.54) is 0 Å². The van der Waals surface area contributed by atoms with Crippen LogP contribution in [0.15, 0.2) is 24.3 Å². The molecule has 2 rings (SSSR count). The van der Waals surface area contributed by atoms with Gasteiger partial charge in [-0.2, -0.15) is 0 Å². The van der Waals surface area contributed by atoms with Crippen LogP contribution in [-0.2, 0) is 4.79 Å². The summed E-state index contributed by atoms with van der Waals surface area (Å²) in [5, 5.41) is 8.71. The normalized spacial score (nSPS) is 24.3. The number of aliphatic carboxylic acids is 1. The first-order valence-electron chi connectivity index (χ1n) is 4.81. The van der Waals surface area contributed by atoms with Crippen LogP contribution in [0.2, 0.25) is 0 Å². The molecule has 0 unspecified atom stereocenters. The zero-order valence-electron chi connectivity index (χ0n) is 8.02. The molecule has 4 heteroatoms. The highest BCUT2D eigenvalue weighted by Crippen LogP contribution is 2.32. The van der Waals surface area contributed by atoms with Gasteiger partial charge in [-0.1, -0.05) is 12.1 Å². The van der Waals surface area contributed by atoms with Crippen LogP contribution in [0.4, 0.5) is 0 Å². The summed E-state index contributed by atoms with van der Waals surface area (Å²) in [7, 11) is 0. The third-order valence-corrected chi connectivity index (χ3v) is 3.47. The molecule has 1 aliphatic carbocycles. The van der Waals surface area contributed by atoms with Gasteiger partial charge < -0.3 is 9.84 Å². The summed E-state index contributed by atoms with van der Waals surface area (Å²) < 4.78 is 6.75. The molecular weight excluding hydrogens is 307 g/mol. The molecule has 0 aromatic heterocycles. The standard InChI is InChI=1S/C11H11IO3/c12-9-3-1-2-4-10(9)15-8-5-7(6-8)11(13)14/h1-4,7-8H,5-6H2,(H,13,14). The van der Waals surface area contributed by atoms with E-state index in [2.05, 4.69) is 22.6 Å². The van der Waals surface area contributed by atoms with E-state index in [4.69, 9.17) is 9.84 Å². The van der Waals surface area contributed by atoms with E-state index in [1.54, 1.807) is 0 Å². The average Bonchev–Trinajstić information content (AvgIpc) is 2.12. The number of carbonyl (C=O) groups is 1. The molecule has 0 aliphatic heterocycles. The number of halogens is 1. The van der Waals surface area contributed by atoms with Crippen molar-refractivity contribution in [2.45, 2.75) is 18.9 Å². The summed E-state index contributed by atoms with van der Waals surface area (Å²) in [5.74, 6) is -0.0686. The van der Waals surface area contributed by atoms with Crippen LogP contribution in [0, 0.1) is 9.49 Å². The maximum atomic E-state index is 10.6. The highest BCUT2D eigenvalue weighted by Gasteiger charge is 2.36. The smallest absolute Gasteiger partial charge is 0.306 e. The van der Waals surface area contributed by atoms with Gasteiger partial charge in [-0.05, 0) is 47.6 Å². The van der Waals surface area contributed by atoms with E-state index in [9.17, 15) is 4.79 Å². The summed E-state index contributed by atoms with van der Waals surface area (Å²) >= 11 is 2.21. The molecular formula is C11H11IO3. The van der Waals surface area contributed by atoms with Gasteiger partial charge in [-0.15, -0.1) is 0 Å². The zero-order chi connectivity index (χ0) is 10.8. The Morgan fingerprint density at radius 2 is 2.07 bits per heavy atom. The summed E-state index contributed by atoms with van der Waals surface area (Å²) in [5.41, 5.74) is 0. The van der Waals surface area contributed by atoms with Gasteiger partial charge in [0.25, 0.3) is 0 Å². The number of hydrogen-bond acceptors (Lipinski definition) is 2. The number of rotatable bonds is 3. The Balaban J connectivity index is 1.90. The topological polar surface area (TPSA) is 46.5 Å². The Morgan fingerprint density at radius 3 is 2.67 bits per heavy atom. The molecule has 0 heterocycles. The van der Waals surface area contributed by atoms with Gasteiger partial charge in [0.1, 0.15) is 11.9 Å². The minimum absolute atomic E-state index is 0.0713. The molecule has 0 saturated heterocycles. The molecule has 1 aromatic carbocycles. The SMILES string of the molecule is O=C(O)C1CC(Oc2ccccc2I)C1. The molecule has 0 amide bonds. The molecule has 0 radical (unpaired) electrons. The third-order valence-electron chi connectivity index (χ3n) is 2.57. The Bertz CT molecular complexity index is 372. The van der Waals surface area contributed by atoms with Crippen molar-refractivity contribution in [2.24, 2.45) is 5.92 Å². The Morgan fingerprint density at radius 1 is 1.40 bits per heavy atom. The molecule has 15 heavy (non-hydrogen) atoms. The third kappa shape index (κ3) is 2.42.